The fourth-order valence-corrected chi connectivity index (χ4v) is 3.99. The van der Waals surface area contributed by atoms with Crippen molar-refractivity contribution in [3.63, 3.8) is 0 Å². The molecule has 110 valence electrons. The van der Waals surface area contributed by atoms with Gasteiger partial charge in [-0.1, -0.05) is 18.2 Å². The average molecular weight is 283 g/mol. The van der Waals surface area contributed by atoms with E-state index in [1.165, 1.54) is 0 Å². The Balaban J connectivity index is 1.54. The Labute approximate surface area is 124 Å². The van der Waals surface area contributed by atoms with E-state index in [2.05, 4.69) is 22.5 Å². The number of aromatic nitrogens is 2. The molecule has 21 heavy (non-hydrogen) atoms. The van der Waals surface area contributed by atoms with Crippen LogP contribution in [0.25, 0.3) is 10.9 Å². The number of fused-ring (bicyclic) bond motifs is 1. The zero-order valence-electron chi connectivity index (χ0n) is 12.4. The highest BCUT2D eigenvalue weighted by Crippen LogP contribution is 2.59. The van der Waals surface area contributed by atoms with Gasteiger partial charge in [0.05, 0.1) is 17.6 Å². The number of piperidine rings is 1. The largest absolute Gasteiger partial charge is 0.317 e. The van der Waals surface area contributed by atoms with Crippen molar-refractivity contribution in [1.82, 2.24) is 15.1 Å². The van der Waals surface area contributed by atoms with Crippen LogP contribution in [0.3, 0.4) is 0 Å². The van der Waals surface area contributed by atoms with Gasteiger partial charge in [-0.2, -0.15) is 5.10 Å². The number of carbonyl (C=O) groups excluding carboxylic acids is 1. The van der Waals surface area contributed by atoms with E-state index < -0.39 is 0 Å². The van der Waals surface area contributed by atoms with E-state index >= 15 is 0 Å². The first-order valence-corrected chi connectivity index (χ1v) is 7.84. The Kier molecular flexibility index (Phi) is 2.89. The Bertz CT molecular complexity index is 697. The maximum Gasteiger partial charge on any atom is 0.142 e. The van der Waals surface area contributed by atoms with Crippen molar-refractivity contribution in [3.05, 3.63) is 30.0 Å². The molecule has 1 unspecified atom stereocenters. The Hall–Kier alpha value is -1.68. The maximum atomic E-state index is 12.6. The van der Waals surface area contributed by atoms with E-state index in [1.54, 1.807) is 0 Å². The van der Waals surface area contributed by atoms with Gasteiger partial charge in [0.25, 0.3) is 0 Å². The lowest BCUT2D eigenvalue weighted by Crippen LogP contribution is -2.31. The van der Waals surface area contributed by atoms with Crippen molar-refractivity contribution in [1.29, 1.82) is 0 Å². The minimum atomic E-state index is 0.278. The number of rotatable bonds is 3. The fraction of sp³-hybridized carbons (Fsp3) is 0.529. The van der Waals surface area contributed by atoms with E-state index in [9.17, 15) is 4.79 Å². The van der Waals surface area contributed by atoms with Crippen LogP contribution in [0.4, 0.5) is 0 Å². The molecular weight excluding hydrogens is 262 g/mol. The third-order valence-electron chi connectivity index (χ3n) is 5.35. The molecular formula is C17H21N3O. The van der Waals surface area contributed by atoms with Crippen molar-refractivity contribution in [2.45, 2.75) is 25.7 Å². The number of para-hydroxylation sites is 1. The van der Waals surface area contributed by atoms with Gasteiger partial charge in [0.1, 0.15) is 5.78 Å². The zero-order chi connectivity index (χ0) is 14.4. The molecule has 0 radical (unpaired) electrons. The molecule has 4 rings (SSSR count). The molecule has 2 aromatic rings. The normalized spacial score (nSPS) is 23.6. The molecule has 1 aliphatic heterocycles. The van der Waals surface area contributed by atoms with Crippen LogP contribution in [0.15, 0.2) is 24.3 Å². The summed E-state index contributed by atoms with van der Waals surface area (Å²) < 4.78 is 1.88. The van der Waals surface area contributed by atoms with Crippen LogP contribution >= 0.6 is 0 Å². The van der Waals surface area contributed by atoms with Gasteiger partial charge in [0, 0.05) is 18.4 Å². The summed E-state index contributed by atoms with van der Waals surface area (Å²) in [6.45, 7) is 2.13. The minimum absolute atomic E-state index is 0.278. The van der Waals surface area contributed by atoms with E-state index in [1.807, 2.05) is 23.9 Å². The molecule has 1 aliphatic carbocycles. The predicted molar refractivity (Wildman–Crippen MR) is 82.1 cm³/mol. The van der Waals surface area contributed by atoms with Crippen molar-refractivity contribution in [3.8, 4) is 0 Å². The van der Waals surface area contributed by atoms with E-state index in [4.69, 9.17) is 0 Å². The molecule has 2 fully saturated rings. The van der Waals surface area contributed by atoms with Crippen LogP contribution in [-0.4, -0.2) is 28.7 Å². The number of benzene rings is 1. The summed E-state index contributed by atoms with van der Waals surface area (Å²) in [5, 5.41) is 9.07. The smallest absolute Gasteiger partial charge is 0.142 e. The van der Waals surface area contributed by atoms with Crippen LogP contribution in [0, 0.1) is 11.3 Å². The highest BCUT2D eigenvalue weighted by Gasteiger charge is 2.57. The van der Waals surface area contributed by atoms with Gasteiger partial charge in [-0.3, -0.25) is 9.48 Å². The average Bonchev–Trinajstić information content (AvgIpc) is 3.10. The van der Waals surface area contributed by atoms with E-state index in [-0.39, 0.29) is 5.92 Å². The molecule has 4 nitrogen and oxygen atoms in total. The lowest BCUT2D eigenvalue weighted by Gasteiger charge is -2.23. The summed E-state index contributed by atoms with van der Waals surface area (Å²) in [7, 11) is 1.95. The molecule has 0 bridgehead atoms. The fourth-order valence-electron chi connectivity index (χ4n) is 3.99. The first-order valence-electron chi connectivity index (χ1n) is 7.84. The van der Waals surface area contributed by atoms with E-state index in [0.29, 0.717) is 17.6 Å². The zero-order valence-corrected chi connectivity index (χ0v) is 12.4. The molecule has 1 saturated heterocycles. The summed E-state index contributed by atoms with van der Waals surface area (Å²) in [6, 6.07) is 8.16. The molecule has 1 aromatic heterocycles. The summed E-state index contributed by atoms with van der Waals surface area (Å²) in [5.41, 5.74) is 2.37. The first-order chi connectivity index (χ1) is 10.2. The second kappa shape index (κ2) is 4.67. The highest BCUT2D eigenvalue weighted by atomic mass is 16.1. The van der Waals surface area contributed by atoms with Crippen molar-refractivity contribution >= 4 is 16.7 Å². The molecule has 1 spiro atoms. The minimum Gasteiger partial charge on any atom is -0.317 e. The van der Waals surface area contributed by atoms with Crippen LogP contribution in [-0.2, 0) is 18.3 Å². The molecule has 0 amide bonds. The number of nitrogens with one attached hydrogen (secondary N) is 1. The molecule has 1 saturated carbocycles. The molecule has 1 atom stereocenters. The molecule has 2 aliphatic rings. The summed E-state index contributed by atoms with van der Waals surface area (Å²) in [5.74, 6) is 0.668. The summed E-state index contributed by atoms with van der Waals surface area (Å²) >= 11 is 0. The Morgan fingerprint density at radius 1 is 1.38 bits per heavy atom. The van der Waals surface area contributed by atoms with Crippen molar-refractivity contribution in [2.75, 3.05) is 13.1 Å². The lowest BCUT2D eigenvalue weighted by molar-refractivity contribution is -0.120. The van der Waals surface area contributed by atoms with Gasteiger partial charge in [0.15, 0.2) is 0 Å². The molecule has 1 aromatic carbocycles. The van der Waals surface area contributed by atoms with Gasteiger partial charge in [-0.25, -0.2) is 0 Å². The lowest BCUT2D eigenvalue weighted by atomic mass is 9.90. The van der Waals surface area contributed by atoms with Gasteiger partial charge in [-0.05, 0) is 43.8 Å². The number of ketones is 1. The summed E-state index contributed by atoms with van der Waals surface area (Å²) in [4.78, 5) is 12.6. The molecule has 2 heterocycles. The Morgan fingerprint density at radius 2 is 2.14 bits per heavy atom. The van der Waals surface area contributed by atoms with Crippen LogP contribution < -0.4 is 5.32 Å². The van der Waals surface area contributed by atoms with Crippen molar-refractivity contribution in [2.24, 2.45) is 18.4 Å². The van der Waals surface area contributed by atoms with Gasteiger partial charge in [0.2, 0.25) is 0 Å². The SMILES string of the molecule is Cn1nc(CC(=O)C2CC23CCNCC3)c2ccccc21. The predicted octanol–water partition coefficient (Wildman–Crippen LogP) is 2.07. The van der Waals surface area contributed by atoms with Crippen LogP contribution in [0.2, 0.25) is 0 Å². The Morgan fingerprint density at radius 3 is 2.95 bits per heavy atom. The topological polar surface area (TPSA) is 46.9 Å². The number of hydrogen-bond donors (Lipinski definition) is 1. The third-order valence-corrected chi connectivity index (χ3v) is 5.35. The molecule has 4 heteroatoms. The maximum absolute atomic E-state index is 12.6. The standard InChI is InChI=1S/C17H21N3O/c1-20-15-5-3-2-4-12(15)14(19-20)10-16(21)13-11-17(13)6-8-18-9-7-17/h2-5,13,18H,6-11H2,1H3. The van der Waals surface area contributed by atoms with E-state index in [0.717, 1.165) is 48.9 Å². The monoisotopic (exact) mass is 283 g/mol. The number of Topliss-reactive ketones (excluding diaryl/α,β-unsaturated/α-hetero) is 1. The number of aryl methyl sites for hydroxylation is 1. The third kappa shape index (κ3) is 2.09. The van der Waals surface area contributed by atoms with Gasteiger partial charge >= 0.3 is 0 Å². The quantitative estimate of drug-likeness (QED) is 0.938. The molecule has 1 N–H and O–H groups in total. The number of nitrogens with zero attached hydrogens (tertiary/aromatic N) is 2. The van der Waals surface area contributed by atoms with Crippen molar-refractivity contribution < 1.29 is 4.79 Å². The second-order valence-electron chi connectivity index (χ2n) is 6.60. The van der Waals surface area contributed by atoms with Crippen LogP contribution in [0.1, 0.15) is 25.0 Å². The van der Waals surface area contributed by atoms with Gasteiger partial charge in [-0.15, -0.1) is 0 Å². The second-order valence-corrected chi connectivity index (χ2v) is 6.60. The highest BCUT2D eigenvalue weighted by molar-refractivity contribution is 5.91. The number of hydrogen-bond acceptors (Lipinski definition) is 3. The van der Waals surface area contributed by atoms with Crippen LogP contribution in [0.5, 0.6) is 0 Å². The van der Waals surface area contributed by atoms with Gasteiger partial charge < -0.3 is 5.32 Å². The first kappa shape index (κ1) is 13.0. The number of carbonyl (C=O) groups is 1. The summed E-state index contributed by atoms with van der Waals surface area (Å²) in [6.07, 6.45) is 3.90.